The summed E-state index contributed by atoms with van der Waals surface area (Å²) in [6.45, 7) is 1.64. The summed E-state index contributed by atoms with van der Waals surface area (Å²) in [4.78, 5) is 0. The molecule has 0 heterocycles. The lowest BCUT2D eigenvalue weighted by Crippen LogP contribution is -2.12. The van der Waals surface area contributed by atoms with Crippen LogP contribution >= 0.6 is 0 Å². The zero-order valence-corrected chi connectivity index (χ0v) is 10.2. The van der Waals surface area contributed by atoms with Crippen LogP contribution in [0.4, 0.5) is 8.78 Å². The summed E-state index contributed by atoms with van der Waals surface area (Å²) in [5, 5.41) is 7.37. The van der Waals surface area contributed by atoms with Crippen LogP contribution in [-0.4, -0.2) is 5.84 Å². The van der Waals surface area contributed by atoms with E-state index < -0.39 is 11.6 Å². The van der Waals surface area contributed by atoms with Gasteiger partial charge in [0.25, 0.3) is 0 Å². The number of hydrogen-bond donors (Lipinski definition) is 2. The zero-order valence-electron chi connectivity index (χ0n) is 10.2. The van der Waals surface area contributed by atoms with Crippen LogP contribution < -0.4 is 10.5 Å². The summed E-state index contributed by atoms with van der Waals surface area (Å²) in [5.41, 5.74) is 5.98. The third-order valence-corrected chi connectivity index (χ3v) is 2.60. The summed E-state index contributed by atoms with van der Waals surface area (Å²) < 4.78 is 31.9. The molecule has 2 rings (SSSR count). The smallest absolute Gasteiger partial charge is 0.138 e. The second-order valence-electron chi connectivity index (χ2n) is 4.07. The van der Waals surface area contributed by atoms with E-state index in [1.54, 1.807) is 19.1 Å². The first-order valence-electron chi connectivity index (χ1n) is 5.55. The monoisotopic (exact) mass is 262 g/mol. The van der Waals surface area contributed by atoms with Gasteiger partial charge in [-0.2, -0.15) is 0 Å². The van der Waals surface area contributed by atoms with E-state index in [1.807, 2.05) is 0 Å². The first-order valence-corrected chi connectivity index (χ1v) is 5.55. The number of nitrogens with one attached hydrogen (secondary N) is 1. The first-order chi connectivity index (χ1) is 8.97. The highest BCUT2D eigenvalue weighted by atomic mass is 19.1. The van der Waals surface area contributed by atoms with E-state index in [0.29, 0.717) is 5.56 Å². The predicted octanol–water partition coefficient (Wildman–Crippen LogP) is 3.35. The second-order valence-corrected chi connectivity index (χ2v) is 4.07. The van der Waals surface area contributed by atoms with Gasteiger partial charge in [-0.25, -0.2) is 8.78 Å². The summed E-state index contributed by atoms with van der Waals surface area (Å²) in [6, 6.07) is 8.02. The normalized spacial score (nSPS) is 10.3. The molecule has 5 heteroatoms. The number of aryl methyl sites for hydroxylation is 1. The zero-order chi connectivity index (χ0) is 14.0. The predicted molar refractivity (Wildman–Crippen MR) is 68.6 cm³/mol. The lowest BCUT2D eigenvalue weighted by molar-refractivity contribution is 0.473. The molecule has 0 spiro atoms. The Morgan fingerprint density at radius 2 is 1.89 bits per heavy atom. The van der Waals surface area contributed by atoms with Gasteiger partial charge in [0.05, 0.1) is 5.56 Å². The Morgan fingerprint density at radius 1 is 1.16 bits per heavy atom. The highest BCUT2D eigenvalue weighted by Gasteiger charge is 2.10. The molecule has 0 bridgehead atoms. The summed E-state index contributed by atoms with van der Waals surface area (Å²) in [6.07, 6.45) is 0. The molecule has 3 N–H and O–H groups in total. The molecule has 0 unspecified atom stereocenters. The molecule has 19 heavy (non-hydrogen) atoms. The lowest BCUT2D eigenvalue weighted by Gasteiger charge is -2.10. The molecule has 0 aliphatic rings. The molecule has 2 aromatic carbocycles. The van der Waals surface area contributed by atoms with Crippen molar-refractivity contribution in [1.29, 1.82) is 5.41 Å². The molecule has 0 amide bonds. The van der Waals surface area contributed by atoms with Crippen molar-refractivity contribution in [1.82, 2.24) is 0 Å². The van der Waals surface area contributed by atoms with Crippen LogP contribution in [0.1, 0.15) is 11.1 Å². The van der Waals surface area contributed by atoms with Crippen LogP contribution in [-0.2, 0) is 0 Å². The van der Waals surface area contributed by atoms with E-state index in [-0.39, 0.29) is 22.9 Å². The minimum absolute atomic E-state index is 0.126. The molecule has 0 aliphatic carbocycles. The van der Waals surface area contributed by atoms with Crippen LogP contribution in [0.25, 0.3) is 0 Å². The van der Waals surface area contributed by atoms with Crippen LogP contribution in [0, 0.1) is 24.0 Å². The summed E-state index contributed by atoms with van der Waals surface area (Å²) in [7, 11) is 0. The average Bonchev–Trinajstić information content (AvgIpc) is 2.36. The summed E-state index contributed by atoms with van der Waals surface area (Å²) >= 11 is 0. The van der Waals surface area contributed by atoms with Crippen molar-refractivity contribution in [2.45, 2.75) is 6.92 Å². The number of nitrogens with two attached hydrogens (primary N) is 1. The minimum Gasteiger partial charge on any atom is -0.456 e. The van der Waals surface area contributed by atoms with Crippen molar-refractivity contribution in [3.8, 4) is 11.5 Å². The van der Waals surface area contributed by atoms with Crippen LogP contribution in [0.15, 0.2) is 36.4 Å². The molecule has 0 fully saturated rings. The molecule has 0 radical (unpaired) electrons. The Kier molecular flexibility index (Phi) is 3.46. The molecule has 0 aliphatic heterocycles. The number of halogens is 2. The molecule has 98 valence electrons. The highest BCUT2D eigenvalue weighted by Crippen LogP contribution is 2.27. The van der Waals surface area contributed by atoms with Crippen molar-refractivity contribution in [3.05, 3.63) is 59.2 Å². The largest absolute Gasteiger partial charge is 0.456 e. The van der Waals surface area contributed by atoms with Crippen molar-refractivity contribution < 1.29 is 13.5 Å². The van der Waals surface area contributed by atoms with Gasteiger partial charge in [0.15, 0.2) is 0 Å². The third-order valence-electron chi connectivity index (χ3n) is 2.60. The SMILES string of the molecule is Cc1ccc(Oc2ccc(F)cc2C(=N)N)cc1F. The fourth-order valence-corrected chi connectivity index (χ4v) is 1.57. The third kappa shape index (κ3) is 2.88. The molecule has 2 aromatic rings. The van der Waals surface area contributed by atoms with E-state index in [9.17, 15) is 8.78 Å². The van der Waals surface area contributed by atoms with Gasteiger partial charge in [-0.05, 0) is 36.8 Å². The standard InChI is InChI=1S/C14H12F2N2O/c1-8-2-4-10(7-12(8)16)19-13-5-3-9(15)6-11(13)14(17)18/h2-7H,1H3,(H3,17,18). The van der Waals surface area contributed by atoms with Crippen molar-refractivity contribution in [2.24, 2.45) is 5.73 Å². The fourth-order valence-electron chi connectivity index (χ4n) is 1.57. The maximum atomic E-state index is 13.4. The van der Waals surface area contributed by atoms with Crippen molar-refractivity contribution in [3.63, 3.8) is 0 Å². The minimum atomic E-state index is -0.521. The molecule has 3 nitrogen and oxygen atoms in total. The van der Waals surface area contributed by atoms with E-state index in [4.69, 9.17) is 15.9 Å². The lowest BCUT2D eigenvalue weighted by atomic mass is 10.1. The highest BCUT2D eigenvalue weighted by molar-refractivity contribution is 5.97. The van der Waals surface area contributed by atoms with Crippen molar-refractivity contribution >= 4 is 5.84 Å². The Balaban J connectivity index is 2.37. The van der Waals surface area contributed by atoms with Gasteiger partial charge < -0.3 is 10.5 Å². The molecular formula is C14H12F2N2O. The Labute approximate surface area is 109 Å². The molecule has 0 saturated heterocycles. The quantitative estimate of drug-likeness (QED) is 0.658. The van der Waals surface area contributed by atoms with E-state index in [0.717, 1.165) is 6.07 Å². The number of benzene rings is 2. The Morgan fingerprint density at radius 3 is 2.53 bits per heavy atom. The molecule has 0 saturated carbocycles. The van der Waals surface area contributed by atoms with E-state index in [1.165, 1.54) is 18.2 Å². The van der Waals surface area contributed by atoms with Crippen LogP contribution in [0.2, 0.25) is 0 Å². The van der Waals surface area contributed by atoms with Gasteiger partial charge in [0, 0.05) is 6.07 Å². The fraction of sp³-hybridized carbons (Fsp3) is 0.0714. The first kappa shape index (κ1) is 13.0. The number of ether oxygens (including phenoxy) is 1. The molecule has 0 atom stereocenters. The number of amidine groups is 1. The van der Waals surface area contributed by atoms with Gasteiger partial charge in [0.2, 0.25) is 0 Å². The molecular weight excluding hydrogens is 250 g/mol. The number of rotatable bonds is 3. The van der Waals surface area contributed by atoms with Gasteiger partial charge in [-0.3, -0.25) is 5.41 Å². The van der Waals surface area contributed by atoms with Crippen LogP contribution in [0.3, 0.4) is 0 Å². The number of nitrogen functional groups attached to an aromatic ring is 1. The second kappa shape index (κ2) is 5.06. The van der Waals surface area contributed by atoms with Crippen molar-refractivity contribution in [2.75, 3.05) is 0 Å². The topological polar surface area (TPSA) is 59.1 Å². The Bertz CT molecular complexity index is 641. The average molecular weight is 262 g/mol. The maximum absolute atomic E-state index is 13.4. The van der Waals surface area contributed by atoms with E-state index in [2.05, 4.69) is 0 Å². The van der Waals surface area contributed by atoms with Gasteiger partial charge in [-0.1, -0.05) is 6.07 Å². The maximum Gasteiger partial charge on any atom is 0.138 e. The number of hydrogen-bond acceptors (Lipinski definition) is 2. The van der Waals surface area contributed by atoms with Crippen LogP contribution in [0.5, 0.6) is 11.5 Å². The van der Waals surface area contributed by atoms with Gasteiger partial charge >= 0.3 is 0 Å². The Hall–Kier alpha value is -2.43. The van der Waals surface area contributed by atoms with Gasteiger partial charge in [-0.15, -0.1) is 0 Å². The van der Waals surface area contributed by atoms with E-state index >= 15 is 0 Å². The van der Waals surface area contributed by atoms with Gasteiger partial charge in [0.1, 0.15) is 29.0 Å². The molecule has 0 aromatic heterocycles. The summed E-state index contributed by atoms with van der Waals surface area (Å²) in [5.74, 6) is -0.770.